The van der Waals surface area contributed by atoms with Gasteiger partial charge in [0.25, 0.3) is 0 Å². The Balaban J connectivity index is 1.71. The molecule has 1 aromatic rings. The topological polar surface area (TPSA) is 70.3 Å². The van der Waals surface area contributed by atoms with E-state index >= 15 is 0 Å². The van der Waals surface area contributed by atoms with Gasteiger partial charge in [-0.1, -0.05) is 0 Å². The quantitative estimate of drug-likeness (QED) is 0.838. The number of nitrogens with two attached hydrogens (primary N) is 1. The van der Waals surface area contributed by atoms with Gasteiger partial charge in [-0.2, -0.15) is 9.97 Å². The molecule has 2 aliphatic rings. The Morgan fingerprint density at radius 3 is 2.79 bits per heavy atom. The molecular weight excluding hydrogens is 240 g/mol. The summed E-state index contributed by atoms with van der Waals surface area (Å²) in [6, 6.07) is 2.65. The number of nitrogens with one attached hydrogen (secondary N) is 1. The Bertz CT molecular complexity index is 443. The summed E-state index contributed by atoms with van der Waals surface area (Å²) in [5.41, 5.74) is 5.76. The van der Waals surface area contributed by atoms with Crippen molar-refractivity contribution in [1.29, 1.82) is 0 Å². The molecule has 3 N–H and O–H groups in total. The normalized spacial score (nSPS) is 24.1. The molecule has 6 heteroatoms. The van der Waals surface area contributed by atoms with Crippen LogP contribution in [-0.2, 0) is 0 Å². The van der Waals surface area contributed by atoms with Crippen LogP contribution in [0.25, 0.3) is 0 Å². The zero-order chi connectivity index (χ0) is 13.2. The molecule has 0 bridgehead atoms. The Morgan fingerprint density at radius 2 is 2.05 bits per heavy atom. The maximum atomic E-state index is 5.76. The van der Waals surface area contributed by atoms with Gasteiger partial charge in [-0.05, 0) is 32.4 Å². The van der Waals surface area contributed by atoms with Crippen molar-refractivity contribution in [3.63, 3.8) is 0 Å². The number of hydrogen-bond donors (Lipinski definition) is 2. The molecular formula is C13H22N6. The molecule has 3 heterocycles. The lowest BCUT2D eigenvalue weighted by atomic mass is 10.2. The molecule has 2 aliphatic heterocycles. The van der Waals surface area contributed by atoms with Crippen molar-refractivity contribution in [2.45, 2.75) is 25.3 Å². The average Bonchev–Trinajstić information content (AvgIpc) is 3.08. The van der Waals surface area contributed by atoms with Crippen molar-refractivity contribution in [3.8, 4) is 0 Å². The fourth-order valence-electron chi connectivity index (χ4n) is 3.10. The van der Waals surface area contributed by atoms with E-state index in [1.807, 2.05) is 13.1 Å². The minimum atomic E-state index is 0.339. The van der Waals surface area contributed by atoms with Gasteiger partial charge in [0.15, 0.2) is 0 Å². The summed E-state index contributed by atoms with van der Waals surface area (Å²) in [5, 5.41) is 3.03. The predicted octanol–water partition coefficient (Wildman–Crippen LogP) is 0.775. The molecule has 2 fully saturated rings. The Labute approximate surface area is 114 Å². The van der Waals surface area contributed by atoms with Gasteiger partial charge < -0.3 is 16.0 Å². The van der Waals surface area contributed by atoms with Crippen LogP contribution in [0, 0.1) is 0 Å². The first-order valence-corrected chi connectivity index (χ1v) is 7.07. The lowest BCUT2D eigenvalue weighted by Crippen LogP contribution is -2.35. The number of likely N-dealkylation sites (tertiary alicyclic amines) is 1. The highest BCUT2D eigenvalue weighted by Crippen LogP contribution is 2.25. The number of nitrogens with zero attached hydrogens (tertiary/aromatic N) is 4. The number of rotatable bonds is 3. The Kier molecular flexibility index (Phi) is 3.42. The van der Waals surface area contributed by atoms with Crippen LogP contribution >= 0.6 is 0 Å². The number of anilines is 3. The number of hydrogen-bond acceptors (Lipinski definition) is 6. The molecule has 0 spiro atoms. The lowest BCUT2D eigenvalue weighted by Gasteiger charge is -2.24. The summed E-state index contributed by atoms with van der Waals surface area (Å²) in [5.74, 6) is 2.07. The van der Waals surface area contributed by atoms with E-state index in [1.165, 1.54) is 32.4 Å². The fraction of sp³-hybridized carbons (Fsp3) is 0.692. The molecule has 1 unspecified atom stereocenters. The van der Waals surface area contributed by atoms with E-state index in [-0.39, 0.29) is 0 Å². The second-order valence-electron chi connectivity index (χ2n) is 5.35. The highest BCUT2D eigenvalue weighted by Gasteiger charge is 2.30. The zero-order valence-electron chi connectivity index (χ0n) is 11.5. The van der Waals surface area contributed by atoms with Crippen LogP contribution in [-0.4, -0.2) is 54.1 Å². The minimum Gasteiger partial charge on any atom is -0.373 e. The smallest absolute Gasteiger partial charge is 0.223 e. The monoisotopic (exact) mass is 262 g/mol. The second-order valence-corrected chi connectivity index (χ2v) is 5.35. The summed E-state index contributed by atoms with van der Waals surface area (Å²) in [6.07, 6.45) is 3.92. The van der Waals surface area contributed by atoms with E-state index in [0.29, 0.717) is 12.0 Å². The maximum Gasteiger partial charge on any atom is 0.223 e. The van der Waals surface area contributed by atoms with Crippen molar-refractivity contribution in [1.82, 2.24) is 14.9 Å². The maximum absolute atomic E-state index is 5.76. The molecule has 1 atom stereocenters. The lowest BCUT2D eigenvalue weighted by molar-refractivity contribution is 0.260. The first-order valence-electron chi connectivity index (χ1n) is 7.07. The van der Waals surface area contributed by atoms with Gasteiger partial charge in [0.1, 0.15) is 11.6 Å². The SMILES string of the molecule is CNc1cc(N2CCC(N3CCCC3)C2)nc(N)n1. The van der Waals surface area contributed by atoms with Gasteiger partial charge in [-0.15, -0.1) is 0 Å². The van der Waals surface area contributed by atoms with E-state index in [4.69, 9.17) is 5.73 Å². The van der Waals surface area contributed by atoms with Crippen LogP contribution in [0.3, 0.4) is 0 Å². The van der Waals surface area contributed by atoms with Crippen molar-refractivity contribution in [2.24, 2.45) is 0 Å². The van der Waals surface area contributed by atoms with Crippen LogP contribution in [0.2, 0.25) is 0 Å². The van der Waals surface area contributed by atoms with E-state index < -0.39 is 0 Å². The van der Waals surface area contributed by atoms with E-state index in [9.17, 15) is 0 Å². The molecule has 0 aliphatic carbocycles. The van der Waals surface area contributed by atoms with Crippen LogP contribution in [0.5, 0.6) is 0 Å². The summed E-state index contributed by atoms with van der Waals surface area (Å²) >= 11 is 0. The number of nitrogen functional groups attached to an aromatic ring is 1. The third kappa shape index (κ3) is 2.58. The average molecular weight is 262 g/mol. The summed E-state index contributed by atoms with van der Waals surface area (Å²) < 4.78 is 0. The largest absolute Gasteiger partial charge is 0.373 e. The van der Waals surface area contributed by atoms with Gasteiger partial charge in [0.2, 0.25) is 5.95 Å². The van der Waals surface area contributed by atoms with Crippen LogP contribution < -0.4 is 16.0 Å². The Morgan fingerprint density at radius 1 is 1.26 bits per heavy atom. The van der Waals surface area contributed by atoms with Crippen LogP contribution in [0.4, 0.5) is 17.6 Å². The third-order valence-corrected chi connectivity index (χ3v) is 4.13. The molecule has 3 rings (SSSR count). The van der Waals surface area contributed by atoms with Gasteiger partial charge >= 0.3 is 0 Å². The van der Waals surface area contributed by atoms with Crippen LogP contribution in [0.1, 0.15) is 19.3 Å². The molecule has 0 amide bonds. The van der Waals surface area contributed by atoms with Crippen molar-refractivity contribution < 1.29 is 0 Å². The van der Waals surface area contributed by atoms with Crippen molar-refractivity contribution in [3.05, 3.63) is 6.07 Å². The third-order valence-electron chi connectivity index (χ3n) is 4.13. The van der Waals surface area contributed by atoms with E-state index in [1.54, 1.807) is 0 Å². The molecule has 0 saturated carbocycles. The number of aromatic nitrogens is 2. The molecule has 1 aromatic heterocycles. The van der Waals surface area contributed by atoms with Crippen molar-refractivity contribution >= 4 is 17.6 Å². The zero-order valence-corrected chi connectivity index (χ0v) is 11.5. The van der Waals surface area contributed by atoms with Gasteiger partial charge in [0.05, 0.1) is 0 Å². The first-order chi connectivity index (χ1) is 9.26. The fourth-order valence-corrected chi connectivity index (χ4v) is 3.10. The molecule has 2 saturated heterocycles. The molecule has 6 nitrogen and oxygen atoms in total. The standard InChI is InChI=1S/C13H22N6/c1-15-11-8-12(17-13(14)16-11)19-7-4-10(9-19)18-5-2-3-6-18/h8,10H,2-7,9H2,1H3,(H3,14,15,16,17). The first kappa shape index (κ1) is 12.5. The van der Waals surface area contributed by atoms with E-state index in [2.05, 4.69) is 25.1 Å². The van der Waals surface area contributed by atoms with Gasteiger partial charge in [-0.25, -0.2) is 0 Å². The van der Waals surface area contributed by atoms with Crippen LogP contribution in [0.15, 0.2) is 6.07 Å². The summed E-state index contributed by atoms with van der Waals surface area (Å²) in [4.78, 5) is 13.4. The van der Waals surface area contributed by atoms with Gasteiger partial charge in [0, 0.05) is 32.2 Å². The molecule has 0 aromatic carbocycles. The predicted molar refractivity (Wildman–Crippen MR) is 77.4 cm³/mol. The molecule has 0 radical (unpaired) electrons. The molecule has 104 valence electrons. The van der Waals surface area contributed by atoms with E-state index in [0.717, 1.165) is 24.7 Å². The highest BCUT2D eigenvalue weighted by molar-refractivity contribution is 5.53. The highest BCUT2D eigenvalue weighted by atomic mass is 15.3. The Hall–Kier alpha value is -1.56. The summed E-state index contributed by atoms with van der Waals surface area (Å²) in [6.45, 7) is 4.62. The van der Waals surface area contributed by atoms with Crippen molar-refractivity contribution in [2.75, 3.05) is 49.2 Å². The minimum absolute atomic E-state index is 0.339. The molecule has 19 heavy (non-hydrogen) atoms. The summed E-state index contributed by atoms with van der Waals surface area (Å²) in [7, 11) is 1.85. The van der Waals surface area contributed by atoms with Gasteiger partial charge in [-0.3, -0.25) is 4.90 Å². The second kappa shape index (κ2) is 5.21.